The number of methoxy groups -OCH3 is 5. The smallest absolute Gasteiger partial charge is 0.415 e. The first-order valence-electron chi connectivity index (χ1n) is 36.3. The minimum Gasteiger partial charge on any atom is -0.508 e. The van der Waals surface area contributed by atoms with Crippen molar-refractivity contribution in [2.24, 2.45) is 23.5 Å². The molecule has 9 rings (SSSR count). The summed E-state index contributed by atoms with van der Waals surface area (Å²) in [6.07, 6.45) is 1.28. The van der Waals surface area contributed by atoms with Gasteiger partial charge in [-0.05, 0) is 134 Å². The minimum atomic E-state index is -1.18. The number of nitrogens with one attached hydrogen (secondary N) is 1. The van der Waals surface area contributed by atoms with Crippen LogP contribution in [-0.2, 0) is 29.9 Å². The molecule has 9 aromatic rings. The summed E-state index contributed by atoms with van der Waals surface area (Å²) in [5.74, 6) is 4.90. The van der Waals surface area contributed by atoms with Gasteiger partial charge in [0.1, 0.15) is 103 Å². The molecule has 0 aliphatic rings. The number of amides is 3. The van der Waals surface area contributed by atoms with Crippen LogP contribution in [0.5, 0.6) is 57.5 Å². The fraction of sp³-hybridized carbons (Fsp3) is 0.420. The number of carbonyl (C=O) groups is 4. The van der Waals surface area contributed by atoms with E-state index in [-0.39, 0.29) is 121 Å². The first-order valence-corrected chi connectivity index (χ1v) is 37.1. The minimum absolute atomic E-state index is 0. The number of nitrogen functional groups attached to an aromatic ring is 3. The van der Waals surface area contributed by atoms with Crippen LogP contribution in [0.1, 0.15) is 125 Å². The number of aliphatic hydroxyl groups is 1. The Kier molecular flexibility index (Phi) is 47.2. The number of hydrogen-bond donors (Lipinski definition) is 8. The average molecular weight is 1830 g/mol. The Labute approximate surface area is 729 Å². The van der Waals surface area contributed by atoms with Crippen LogP contribution in [0.25, 0.3) is 11.3 Å². The molecule has 0 aliphatic carbocycles. The van der Waals surface area contributed by atoms with E-state index in [2.05, 4.69) is 39.3 Å². The number of aliphatic hydroxyl groups excluding tert-OH is 1. The molecule has 0 spiro atoms. The van der Waals surface area contributed by atoms with E-state index in [1.165, 1.54) is 96.9 Å². The Balaban J connectivity index is 0.00000147. The van der Waals surface area contributed by atoms with E-state index >= 15 is 0 Å². The summed E-state index contributed by atoms with van der Waals surface area (Å²) in [6.45, 7) is 28.6. The number of aromatic nitrogens is 6. The maximum Gasteiger partial charge on any atom is 0.415 e. The summed E-state index contributed by atoms with van der Waals surface area (Å²) in [4.78, 5) is 79.4. The molecular formula is C81H116Cl2N15O22Pd-. The number of carboxylic acids is 1. The monoisotopic (exact) mass is 1830 g/mol. The van der Waals surface area contributed by atoms with E-state index in [1.54, 1.807) is 111 Å². The molecule has 0 aliphatic heterocycles. The number of hydrogen-bond acceptors (Lipinski definition) is 29. The van der Waals surface area contributed by atoms with Gasteiger partial charge in [0.25, 0.3) is 5.91 Å². The summed E-state index contributed by atoms with van der Waals surface area (Å²) in [5.41, 5.74) is 23.1. The van der Waals surface area contributed by atoms with Gasteiger partial charge in [-0.1, -0.05) is 72.2 Å². The number of nitro groups is 2. The zero-order chi connectivity index (χ0) is 89.2. The van der Waals surface area contributed by atoms with Crippen molar-refractivity contribution in [3.8, 4) is 57.5 Å². The van der Waals surface area contributed by atoms with Crippen LogP contribution >= 0.6 is 23.2 Å². The number of phenolic OH excluding ortho intramolecular Hbond substituents is 1. The van der Waals surface area contributed by atoms with Crippen molar-refractivity contribution in [3.05, 3.63) is 165 Å². The molecule has 12 N–H and O–H groups in total. The maximum atomic E-state index is 12.9. The van der Waals surface area contributed by atoms with E-state index < -0.39 is 45.1 Å². The molecule has 2 atom stereocenters. The Bertz CT molecular complexity index is 4710. The zero-order valence-corrected chi connectivity index (χ0v) is 74.4. The van der Waals surface area contributed by atoms with Crippen molar-refractivity contribution in [2.45, 2.75) is 128 Å². The third-order valence-corrected chi connectivity index (χ3v) is 15.0. The van der Waals surface area contributed by atoms with Gasteiger partial charge in [0.2, 0.25) is 0 Å². The van der Waals surface area contributed by atoms with Crippen molar-refractivity contribution < 1.29 is 117 Å². The number of aromatic carboxylic acids is 1. The number of nitrogens with two attached hydrogens (primary N) is 4. The van der Waals surface area contributed by atoms with E-state index in [9.17, 15) is 39.4 Å². The number of anilines is 5. The first kappa shape index (κ1) is 109. The molecule has 5 aromatic carbocycles. The van der Waals surface area contributed by atoms with Gasteiger partial charge in [0, 0.05) is 77.5 Å². The molecule has 121 heavy (non-hydrogen) atoms. The number of carboxylic acid groups (broad SMARTS) is 1. The molecule has 4 heterocycles. The molecule has 3 amide bonds. The first-order chi connectivity index (χ1) is 55.2. The molecule has 0 saturated carbocycles. The molecule has 37 nitrogen and oxygen atoms in total. The number of rotatable bonds is 25. The van der Waals surface area contributed by atoms with Crippen LogP contribution in [0.3, 0.4) is 0 Å². The van der Waals surface area contributed by atoms with E-state index in [0.717, 1.165) is 18.0 Å². The summed E-state index contributed by atoms with van der Waals surface area (Å²) in [7, 11) is 10.4. The molecule has 0 unspecified atom stereocenters. The number of nitrogens with zero attached hydrogens (tertiary/aromatic N) is 10. The number of phenols is 1. The number of benzene rings is 5. The Morgan fingerprint density at radius 3 is 1.17 bits per heavy atom. The van der Waals surface area contributed by atoms with Crippen LogP contribution in [0, 0.1) is 45.4 Å². The Morgan fingerprint density at radius 2 is 0.851 bits per heavy atom. The largest absolute Gasteiger partial charge is 0.508 e. The van der Waals surface area contributed by atoms with Gasteiger partial charge >= 0.3 is 29.5 Å². The fourth-order valence-electron chi connectivity index (χ4n) is 8.92. The second kappa shape index (κ2) is 52.3. The molecule has 40 heteroatoms. The van der Waals surface area contributed by atoms with E-state index in [1.807, 2.05) is 46.8 Å². The molecule has 672 valence electrons. The summed E-state index contributed by atoms with van der Waals surface area (Å²) < 4.78 is 60.1. The number of nitro benzene ring substituents is 2. The standard InChI is InChI=1S/C23H29ClN6O5.C13H15ClN4O4.C11H15NO4.C11H17NO2.C10H16N2O2.C7H7NO4.C4H10O.CH4.CH3.Pd/c1-13(12-34-14-7-8-17(33-6)16(25)9-14)27-21(31)15-11-26-30-19(10-18(24)28-20(15)30)29(5)22(32)35-23(2,3)4;1-13(2,3)22-12(21)17(4)9-5-8(14)16-10-7(11(19)20)6-15-18(9)10;1-8(2)7-16-9-4-5-11(15-3)10(6-9)12(13)14;1-8(2)7-14-9-4-5-11(13-3)10(12)6-9;1-7(11)6-14-8-3-4-10(13-2)9(12)5-8;1-12-7-3-2-5(9)4-6(7)8(10)11;1-4(2)3-5;;;/h7-11,13H,12,25H2,1-6H3,(H,27,31);5-6H,1-4H3,(H,19,20);4-6,8H,7H2,1-3H3;4-6,8H,7,12H2,1-3H3;3-5,7H,6,11-12H2,1-2H3;2-4,9H,1H3;4-5H,3H2,1-2H3;1H4;1H3;/q;;;;;;;;-1;/t13-;;;;7-;;;;;/m1...1...../s1. The maximum absolute atomic E-state index is 12.9. The molecule has 4 aromatic heterocycles. The quantitative estimate of drug-likeness (QED) is 0.00658. The van der Waals surface area contributed by atoms with Gasteiger partial charge in [-0.15, -0.1) is 0 Å². The van der Waals surface area contributed by atoms with Crippen molar-refractivity contribution >= 4 is 98.6 Å². The van der Waals surface area contributed by atoms with Crippen molar-refractivity contribution in [2.75, 3.05) is 110 Å². The average Bonchev–Trinajstić information content (AvgIpc) is 1.65. The third kappa shape index (κ3) is 37.2. The van der Waals surface area contributed by atoms with Crippen LogP contribution in [0.2, 0.25) is 10.3 Å². The van der Waals surface area contributed by atoms with Crippen molar-refractivity contribution in [1.82, 2.24) is 34.5 Å². The van der Waals surface area contributed by atoms with Gasteiger partial charge in [0.05, 0.1) is 106 Å². The van der Waals surface area contributed by atoms with E-state index in [0.29, 0.717) is 102 Å². The summed E-state index contributed by atoms with van der Waals surface area (Å²) in [5, 5.41) is 58.4. The van der Waals surface area contributed by atoms with Crippen molar-refractivity contribution in [1.29, 1.82) is 0 Å². The normalized spacial score (nSPS) is 10.9. The predicted octanol–water partition coefficient (Wildman–Crippen LogP) is 15.0. The molecule has 0 saturated heterocycles. The number of ether oxygens (including phenoxy) is 11. The number of fused-ring (bicyclic) bond motifs is 2. The zero-order valence-electron chi connectivity index (χ0n) is 71.3. The molecular weight excluding hydrogens is 1710 g/mol. The van der Waals surface area contributed by atoms with Crippen LogP contribution < -0.4 is 80.7 Å². The molecule has 0 radical (unpaired) electrons. The SMILES string of the molecule is C.CC(C)CO.CN(C(=O)OC(C)(C)C)c1cc(Cl)nc2c(C(=O)O)cnn12.COc1ccc(O)cc1[N+](=O)[O-].COc1ccc(OCC(C)C)cc1N.COc1ccc(OCC(C)C)cc1[N+](=O)[O-].COc1ccc(OC[C@@H](C)N)cc1N.COc1ccc(OC[C@@H](C)NC(=O)c2cnn3c(N(C)C(=O)OC(C)(C)C)cc(Cl)nc23)cc1N.[CH3-].[Pd]. The van der Waals surface area contributed by atoms with Crippen LogP contribution in [0.4, 0.5) is 49.7 Å². The van der Waals surface area contributed by atoms with Gasteiger partial charge in [-0.2, -0.15) is 19.2 Å². The molecule has 0 bridgehead atoms. The van der Waals surface area contributed by atoms with Gasteiger partial charge in [0.15, 0.2) is 22.8 Å². The van der Waals surface area contributed by atoms with Gasteiger partial charge in [-0.3, -0.25) is 34.8 Å². The van der Waals surface area contributed by atoms with E-state index in [4.69, 9.17) is 114 Å². The van der Waals surface area contributed by atoms with Gasteiger partial charge in [-0.25, -0.2) is 24.4 Å². The second-order valence-corrected chi connectivity index (χ2v) is 29.5. The van der Waals surface area contributed by atoms with Crippen LogP contribution in [0.15, 0.2) is 116 Å². The molecule has 0 fully saturated rings. The number of carbonyl (C=O) groups excluding carboxylic acids is 3. The Morgan fingerprint density at radius 1 is 0.529 bits per heavy atom. The number of aromatic hydroxyl groups is 1. The summed E-state index contributed by atoms with van der Waals surface area (Å²) in [6, 6.07) is 26.6. The topological polar surface area (TPSA) is 500 Å². The van der Waals surface area contributed by atoms with Gasteiger partial charge < -0.3 is 103 Å². The second-order valence-electron chi connectivity index (χ2n) is 28.7. The summed E-state index contributed by atoms with van der Waals surface area (Å²) >= 11 is 12.1. The van der Waals surface area contributed by atoms with Crippen LogP contribution in [-0.4, -0.2) is 184 Å². The predicted molar refractivity (Wildman–Crippen MR) is 463 cm³/mol. The van der Waals surface area contributed by atoms with Crippen molar-refractivity contribution in [3.63, 3.8) is 0 Å². The fourth-order valence-corrected chi connectivity index (χ4v) is 9.28. The number of halogens is 2. The third-order valence-electron chi connectivity index (χ3n) is 14.6. The Hall–Kier alpha value is -11.8.